The van der Waals surface area contributed by atoms with Crippen molar-refractivity contribution in [2.24, 2.45) is 10.2 Å². The highest BCUT2D eigenvalue weighted by atomic mass is 16.5. The molecule has 0 aliphatic carbocycles. The van der Waals surface area contributed by atoms with Crippen LogP contribution in [0, 0.1) is 0 Å². The molecule has 0 aliphatic rings. The highest BCUT2D eigenvalue weighted by molar-refractivity contribution is 5.45. The molecule has 0 spiro atoms. The summed E-state index contributed by atoms with van der Waals surface area (Å²) in [6.07, 6.45) is 0.166. The van der Waals surface area contributed by atoms with Gasteiger partial charge in [-0.25, -0.2) is 0 Å². The summed E-state index contributed by atoms with van der Waals surface area (Å²) in [5.41, 5.74) is 1.54. The van der Waals surface area contributed by atoms with Crippen molar-refractivity contribution in [1.29, 1.82) is 0 Å². The molecule has 20 heavy (non-hydrogen) atoms. The normalized spacial score (nSPS) is 11.0. The van der Waals surface area contributed by atoms with Crippen LogP contribution >= 0.6 is 0 Å². The van der Waals surface area contributed by atoms with Gasteiger partial charge in [0.15, 0.2) is 0 Å². The van der Waals surface area contributed by atoms with Crippen LogP contribution in [0.5, 0.6) is 11.5 Å². The Hall–Kier alpha value is -2.36. The molecule has 0 atom stereocenters. The molecule has 0 saturated carbocycles. The number of methoxy groups -OCH3 is 1. The third-order valence-corrected chi connectivity index (χ3v) is 2.54. The van der Waals surface area contributed by atoms with Gasteiger partial charge in [-0.1, -0.05) is 6.07 Å². The predicted octanol–water partition coefficient (Wildman–Crippen LogP) is 4.90. The first-order valence-corrected chi connectivity index (χ1v) is 6.50. The van der Waals surface area contributed by atoms with Crippen LogP contribution in [0.4, 0.5) is 11.4 Å². The third-order valence-electron chi connectivity index (χ3n) is 2.54. The Morgan fingerprint density at radius 1 is 0.850 bits per heavy atom. The van der Waals surface area contributed by atoms with Gasteiger partial charge in [0, 0.05) is 6.07 Å². The molecule has 104 valence electrons. The molecule has 0 N–H and O–H groups in total. The lowest BCUT2D eigenvalue weighted by atomic mass is 10.3. The second-order valence-electron chi connectivity index (χ2n) is 4.56. The summed E-state index contributed by atoms with van der Waals surface area (Å²) in [6, 6.07) is 15.0. The number of ether oxygens (including phenoxy) is 2. The summed E-state index contributed by atoms with van der Waals surface area (Å²) in [6.45, 7) is 3.99. The fraction of sp³-hybridized carbons (Fsp3) is 0.250. The Morgan fingerprint density at radius 2 is 1.55 bits per heavy atom. The molecule has 2 rings (SSSR count). The molecule has 4 nitrogen and oxygen atoms in total. The van der Waals surface area contributed by atoms with E-state index >= 15 is 0 Å². The Balaban J connectivity index is 2.07. The number of rotatable bonds is 5. The van der Waals surface area contributed by atoms with Crippen LogP contribution in [-0.4, -0.2) is 13.2 Å². The van der Waals surface area contributed by atoms with Gasteiger partial charge >= 0.3 is 0 Å². The van der Waals surface area contributed by atoms with Crippen LogP contribution in [-0.2, 0) is 0 Å². The van der Waals surface area contributed by atoms with Crippen molar-refractivity contribution < 1.29 is 9.47 Å². The van der Waals surface area contributed by atoms with Crippen molar-refractivity contribution in [2.45, 2.75) is 20.0 Å². The maximum Gasteiger partial charge on any atom is 0.121 e. The van der Waals surface area contributed by atoms with Crippen LogP contribution in [0.15, 0.2) is 58.8 Å². The molecular weight excluding hydrogens is 252 g/mol. The Labute approximate surface area is 119 Å². The fourth-order valence-corrected chi connectivity index (χ4v) is 1.65. The minimum atomic E-state index is 0.166. The van der Waals surface area contributed by atoms with E-state index in [1.54, 1.807) is 7.11 Å². The molecule has 2 aromatic rings. The minimum absolute atomic E-state index is 0.166. The van der Waals surface area contributed by atoms with Crippen LogP contribution in [0.25, 0.3) is 0 Å². The molecule has 0 radical (unpaired) electrons. The molecule has 0 unspecified atom stereocenters. The molecule has 0 amide bonds. The van der Waals surface area contributed by atoms with E-state index in [4.69, 9.17) is 9.47 Å². The van der Waals surface area contributed by atoms with E-state index < -0.39 is 0 Å². The molecule has 4 heteroatoms. The monoisotopic (exact) mass is 270 g/mol. The van der Waals surface area contributed by atoms with E-state index in [0.717, 1.165) is 22.9 Å². The molecule has 2 aromatic carbocycles. The molecule has 0 bridgehead atoms. The molecule has 0 fully saturated rings. The van der Waals surface area contributed by atoms with Crippen LogP contribution < -0.4 is 9.47 Å². The zero-order valence-electron chi connectivity index (χ0n) is 11.9. The summed E-state index contributed by atoms with van der Waals surface area (Å²) < 4.78 is 10.7. The first-order valence-electron chi connectivity index (χ1n) is 6.50. The van der Waals surface area contributed by atoms with E-state index in [1.165, 1.54) is 0 Å². The van der Waals surface area contributed by atoms with E-state index in [2.05, 4.69) is 10.2 Å². The number of hydrogen-bond donors (Lipinski definition) is 0. The van der Waals surface area contributed by atoms with Gasteiger partial charge in [0.25, 0.3) is 0 Å². The highest BCUT2D eigenvalue weighted by Gasteiger charge is 1.98. The fourth-order valence-electron chi connectivity index (χ4n) is 1.65. The summed E-state index contributed by atoms with van der Waals surface area (Å²) >= 11 is 0. The Kier molecular flexibility index (Phi) is 4.71. The molecule has 0 aliphatic heterocycles. The van der Waals surface area contributed by atoms with Gasteiger partial charge in [-0.05, 0) is 50.2 Å². The minimum Gasteiger partial charge on any atom is -0.497 e. The number of azo groups is 1. The van der Waals surface area contributed by atoms with Crippen molar-refractivity contribution in [1.82, 2.24) is 0 Å². The van der Waals surface area contributed by atoms with Crippen LogP contribution in [0.3, 0.4) is 0 Å². The van der Waals surface area contributed by atoms with E-state index in [9.17, 15) is 0 Å². The average molecular weight is 270 g/mol. The first kappa shape index (κ1) is 14.1. The number of nitrogens with zero attached hydrogens (tertiary/aromatic N) is 2. The van der Waals surface area contributed by atoms with E-state index in [0.29, 0.717) is 0 Å². The van der Waals surface area contributed by atoms with Crippen molar-refractivity contribution in [3.63, 3.8) is 0 Å². The smallest absolute Gasteiger partial charge is 0.121 e. The lowest BCUT2D eigenvalue weighted by Gasteiger charge is -2.08. The predicted molar refractivity (Wildman–Crippen MR) is 79.4 cm³/mol. The Bertz CT molecular complexity index is 577. The summed E-state index contributed by atoms with van der Waals surface area (Å²) in [5.74, 6) is 1.60. The zero-order valence-corrected chi connectivity index (χ0v) is 11.9. The van der Waals surface area contributed by atoms with E-state index in [1.807, 2.05) is 62.4 Å². The van der Waals surface area contributed by atoms with Crippen molar-refractivity contribution in [3.8, 4) is 11.5 Å². The van der Waals surface area contributed by atoms with Gasteiger partial charge in [-0.15, -0.1) is 0 Å². The molecule has 0 aromatic heterocycles. The van der Waals surface area contributed by atoms with Gasteiger partial charge in [0.05, 0.1) is 24.6 Å². The number of benzene rings is 2. The summed E-state index contributed by atoms with van der Waals surface area (Å²) in [7, 11) is 1.63. The first-order chi connectivity index (χ1) is 9.67. The standard InChI is InChI=1S/C16H18N2O2/c1-12(2)20-15-9-7-13(8-10-15)17-18-14-5-4-6-16(11-14)19-3/h4-12H,1-3H3. The largest absolute Gasteiger partial charge is 0.497 e. The van der Waals surface area contributed by atoms with Gasteiger partial charge in [0.2, 0.25) is 0 Å². The topological polar surface area (TPSA) is 43.2 Å². The molecule has 0 heterocycles. The molecular formula is C16H18N2O2. The van der Waals surface area contributed by atoms with E-state index in [-0.39, 0.29) is 6.10 Å². The van der Waals surface area contributed by atoms with Gasteiger partial charge < -0.3 is 9.47 Å². The van der Waals surface area contributed by atoms with Gasteiger partial charge in [-0.2, -0.15) is 10.2 Å². The average Bonchev–Trinajstić information content (AvgIpc) is 2.46. The third kappa shape index (κ3) is 4.09. The second kappa shape index (κ2) is 6.70. The summed E-state index contributed by atoms with van der Waals surface area (Å²) in [4.78, 5) is 0. The van der Waals surface area contributed by atoms with Crippen LogP contribution in [0.2, 0.25) is 0 Å². The maximum absolute atomic E-state index is 5.57. The van der Waals surface area contributed by atoms with Crippen LogP contribution in [0.1, 0.15) is 13.8 Å². The quantitative estimate of drug-likeness (QED) is 0.725. The van der Waals surface area contributed by atoms with Gasteiger partial charge in [-0.3, -0.25) is 0 Å². The summed E-state index contributed by atoms with van der Waals surface area (Å²) in [5, 5.41) is 8.37. The van der Waals surface area contributed by atoms with Crippen molar-refractivity contribution >= 4 is 11.4 Å². The van der Waals surface area contributed by atoms with Crippen molar-refractivity contribution in [3.05, 3.63) is 48.5 Å². The Morgan fingerprint density at radius 3 is 2.20 bits per heavy atom. The molecule has 0 saturated heterocycles. The highest BCUT2D eigenvalue weighted by Crippen LogP contribution is 2.24. The lowest BCUT2D eigenvalue weighted by molar-refractivity contribution is 0.242. The number of hydrogen-bond acceptors (Lipinski definition) is 4. The maximum atomic E-state index is 5.57. The SMILES string of the molecule is COc1cccc(N=Nc2ccc(OC(C)C)cc2)c1. The second-order valence-corrected chi connectivity index (χ2v) is 4.56. The zero-order chi connectivity index (χ0) is 14.4. The lowest BCUT2D eigenvalue weighted by Crippen LogP contribution is -2.04. The van der Waals surface area contributed by atoms with Crippen molar-refractivity contribution in [2.75, 3.05) is 7.11 Å². The van der Waals surface area contributed by atoms with Gasteiger partial charge in [0.1, 0.15) is 11.5 Å².